The second-order valence-electron chi connectivity index (χ2n) is 6.88. The van der Waals surface area contributed by atoms with Crippen LogP contribution in [0.2, 0.25) is 0 Å². The second-order valence-corrected chi connectivity index (χ2v) is 6.88. The Kier molecular flexibility index (Phi) is 4.85. The molecule has 0 N–H and O–H groups in total. The molecule has 4 rings (SSSR count). The molecule has 1 aromatic carbocycles. The zero-order valence-corrected chi connectivity index (χ0v) is 14.6. The minimum atomic E-state index is -0.308. The maximum Gasteiger partial charge on any atom is 0.232 e. The molecule has 2 aliphatic rings. The van der Waals surface area contributed by atoms with Crippen LogP contribution < -0.4 is 4.74 Å². The number of nitriles is 1. The molecule has 1 atom stereocenters. The third kappa shape index (κ3) is 3.30. The second kappa shape index (κ2) is 7.43. The van der Waals surface area contributed by atoms with E-state index in [4.69, 9.17) is 14.5 Å². The van der Waals surface area contributed by atoms with Gasteiger partial charge in [0.05, 0.1) is 13.2 Å². The molecule has 1 saturated heterocycles. The molecule has 134 valence electrons. The number of ether oxygens (including phenoxy) is 2. The van der Waals surface area contributed by atoms with E-state index < -0.39 is 0 Å². The largest absolute Gasteiger partial charge is 0.471 e. The maximum atomic E-state index is 13.9. The predicted octanol–water partition coefficient (Wildman–Crippen LogP) is 4.20. The van der Waals surface area contributed by atoms with Crippen molar-refractivity contribution in [1.82, 2.24) is 4.98 Å². The molecule has 0 unspecified atom stereocenters. The van der Waals surface area contributed by atoms with E-state index >= 15 is 0 Å². The van der Waals surface area contributed by atoms with Crippen molar-refractivity contribution in [3.05, 3.63) is 46.9 Å². The number of hydrogen-bond acceptors (Lipinski definition) is 4. The van der Waals surface area contributed by atoms with Gasteiger partial charge in [0.2, 0.25) is 5.88 Å². The van der Waals surface area contributed by atoms with Crippen molar-refractivity contribution in [2.75, 3.05) is 13.2 Å². The molecule has 0 bridgehead atoms. The lowest BCUT2D eigenvalue weighted by atomic mass is 9.92. The number of nitrogens with zero attached hydrogens (tertiary/aromatic N) is 2. The van der Waals surface area contributed by atoms with Crippen LogP contribution in [0.1, 0.15) is 42.5 Å². The van der Waals surface area contributed by atoms with Crippen LogP contribution in [0, 0.1) is 17.1 Å². The van der Waals surface area contributed by atoms with Crippen LogP contribution in [0.15, 0.2) is 24.3 Å². The van der Waals surface area contributed by atoms with Crippen molar-refractivity contribution in [2.45, 2.75) is 44.6 Å². The first-order chi connectivity index (χ1) is 12.8. The molecule has 1 fully saturated rings. The lowest BCUT2D eigenvalue weighted by Gasteiger charge is -2.19. The first kappa shape index (κ1) is 17.0. The number of aromatic nitrogens is 1. The lowest BCUT2D eigenvalue weighted by Crippen LogP contribution is -2.18. The van der Waals surface area contributed by atoms with Gasteiger partial charge >= 0.3 is 0 Å². The first-order valence-electron chi connectivity index (χ1n) is 9.22. The van der Waals surface area contributed by atoms with Gasteiger partial charge in [-0.15, -0.1) is 0 Å². The Morgan fingerprint density at radius 1 is 1.23 bits per heavy atom. The molecular formula is C21H21FN2O2. The molecule has 0 radical (unpaired) electrons. The fourth-order valence-electron chi connectivity index (χ4n) is 3.81. The van der Waals surface area contributed by atoms with Crippen molar-refractivity contribution in [3.63, 3.8) is 0 Å². The van der Waals surface area contributed by atoms with Crippen molar-refractivity contribution in [2.24, 2.45) is 0 Å². The maximum absolute atomic E-state index is 13.9. The topological polar surface area (TPSA) is 55.1 Å². The third-order valence-electron chi connectivity index (χ3n) is 5.08. The number of pyridine rings is 1. The summed E-state index contributed by atoms with van der Waals surface area (Å²) in [6.45, 7) is 1.17. The number of hydrogen-bond donors (Lipinski definition) is 0. The number of halogens is 1. The number of rotatable bonds is 3. The van der Waals surface area contributed by atoms with Gasteiger partial charge in [0.1, 0.15) is 23.6 Å². The summed E-state index contributed by atoms with van der Waals surface area (Å²) in [5, 5.41) is 9.88. The van der Waals surface area contributed by atoms with E-state index in [0.717, 1.165) is 60.9 Å². The van der Waals surface area contributed by atoms with E-state index in [1.165, 1.54) is 12.1 Å². The van der Waals surface area contributed by atoms with E-state index in [-0.39, 0.29) is 11.9 Å². The van der Waals surface area contributed by atoms with Gasteiger partial charge in [-0.25, -0.2) is 9.37 Å². The first-order valence-corrected chi connectivity index (χ1v) is 9.22. The Morgan fingerprint density at radius 3 is 2.88 bits per heavy atom. The van der Waals surface area contributed by atoms with Crippen LogP contribution in [0.25, 0.3) is 11.1 Å². The summed E-state index contributed by atoms with van der Waals surface area (Å²) >= 11 is 0. The monoisotopic (exact) mass is 352 g/mol. The fraction of sp³-hybridized carbons (Fsp3) is 0.429. The van der Waals surface area contributed by atoms with Crippen LogP contribution in [0.5, 0.6) is 5.88 Å². The highest BCUT2D eigenvalue weighted by atomic mass is 19.1. The molecule has 1 aliphatic heterocycles. The van der Waals surface area contributed by atoms with Gasteiger partial charge in [-0.2, -0.15) is 5.26 Å². The summed E-state index contributed by atoms with van der Waals surface area (Å²) in [7, 11) is 0. The van der Waals surface area contributed by atoms with E-state index in [0.29, 0.717) is 24.7 Å². The summed E-state index contributed by atoms with van der Waals surface area (Å²) in [6.07, 6.45) is 5.68. The average Bonchev–Trinajstić information content (AvgIpc) is 3.04. The quantitative estimate of drug-likeness (QED) is 0.777. The molecule has 0 spiro atoms. The van der Waals surface area contributed by atoms with Gasteiger partial charge in [0, 0.05) is 17.7 Å². The SMILES string of the molecule is N#Cc1c(O[C@H]2CCOC2)nc2c(c1-c1cccc(F)c1)CCCCC2. The van der Waals surface area contributed by atoms with Gasteiger partial charge in [-0.3, -0.25) is 0 Å². The molecule has 2 aromatic rings. The van der Waals surface area contributed by atoms with Crippen LogP contribution in [0.4, 0.5) is 4.39 Å². The highest BCUT2D eigenvalue weighted by Gasteiger charge is 2.26. The van der Waals surface area contributed by atoms with Crippen molar-refractivity contribution >= 4 is 0 Å². The van der Waals surface area contributed by atoms with Crippen molar-refractivity contribution in [1.29, 1.82) is 5.26 Å². The van der Waals surface area contributed by atoms with Gasteiger partial charge in [-0.1, -0.05) is 18.6 Å². The Morgan fingerprint density at radius 2 is 2.12 bits per heavy atom. The van der Waals surface area contributed by atoms with Gasteiger partial charge in [-0.05, 0) is 48.9 Å². The lowest BCUT2D eigenvalue weighted by molar-refractivity contribution is 0.137. The van der Waals surface area contributed by atoms with E-state index in [2.05, 4.69) is 6.07 Å². The third-order valence-corrected chi connectivity index (χ3v) is 5.08. The molecule has 0 saturated carbocycles. The highest BCUT2D eigenvalue weighted by molar-refractivity contribution is 5.77. The molecule has 1 aromatic heterocycles. The molecule has 1 aliphatic carbocycles. The zero-order chi connectivity index (χ0) is 17.9. The smallest absolute Gasteiger partial charge is 0.232 e. The van der Waals surface area contributed by atoms with Crippen molar-refractivity contribution < 1.29 is 13.9 Å². The van der Waals surface area contributed by atoms with Gasteiger partial charge in [0.15, 0.2) is 0 Å². The minimum Gasteiger partial charge on any atom is -0.471 e. The van der Waals surface area contributed by atoms with Crippen LogP contribution in [-0.4, -0.2) is 24.3 Å². The molecule has 4 nitrogen and oxygen atoms in total. The summed E-state index contributed by atoms with van der Waals surface area (Å²) < 4.78 is 25.3. The average molecular weight is 352 g/mol. The zero-order valence-electron chi connectivity index (χ0n) is 14.6. The molecule has 0 amide bonds. The van der Waals surface area contributed by atoms with Crippen molar-refractivity contribution in [3.8, 4) is 23.1 Å². The Balaban J connectivity index is 1.89. The predicted molar refractivity (Wildman–Crippen MR) is 95.5 cm³/mol. The molecule has 5 heteroatoms. The Hall–Kier alpha value is -2.45. The normalized spacial score (nSPS) is 19.5. The summed E-state index contributed by atoms with van der Waals surface area (Å²) in [6, 6.07) is 8.72. The molecule has 2 heterocycles. The minimum absolute atomic E-state index is 0.0845. The van der Waals surface area contributed by atoms with Gasteiger partial charge in [0.25, 0.3) is 0 Å². The number of benzene rings is 1. The summed E-state index contributed by atoms with van der Waals surface area (Å²) in [5.41, 5.74) is 3.96. The molecular weight excluding hydrogens is 331 g/mol. The van der Waals surface area contributed by atoms with Crippen LogP contribution in [-0.2, 0) is 17.6 Å². The van der Waals surface area contributed by atoms with E-state index in [1.54, 1.807) is 6.07 Å². The number of aryl methyl sites for hydroxylation is 1. The fourth-order valence-corrected chi connectivity index (χ4v) is 3.81. The number of fused-ring (bicyclic) bond motifs is 1. The molecule has 26 heavy (non-hydrogen) atoms. The van der Waals surface area contributed by atoms with E-state index in [1.807, 2.05) is 6.07 Å². The van der Waals surface area contributed by atoms with Crippen LogP contribution >= 0.6 is 0 Å². The standard InChI is InChI=1S/C21H21FN2O2/c22-15-6-4-5-14(11-15)20-17-7-2-1-3-8-19(17)24-21(18(20)12-23)26-16-9-10-25-13-16/h4-6,11,16H,1-3,7-10,13H2/t16-/m0/s1. The summed E-state index contributed by atoms with van der Waals surface area (Å²) in [4.78, 5) is 4.72. The van der Waals surface area contributed by atoms with Crippen LogP contribution in [0.3, 0.4) is 0 Å². The highest BCUT2D eigenvalue weighted by Crippen LogP contribution is 2.37. The van der Waals surface area contributed by atoms with E-state index in [9.17, 15) is 9.65 Å². The Labute approximate surface area is 152 Å². The summed E-state index contributed by atoms with van der Waals surface area (Å²) in [5.74, 6) is 0.0557. The Bertz CT molecular complexity index is 854. The van der Waals surface area contributed by atoms with Gasteiger partial charge < -0.3 is 9.47 Å².